The van der Waals surface area contributed by atoms with Crippen LogP contribution in [-0.2, 0) is 27.1 Å². The van der Waals surface area contributed by atoms with Crippen LogP contribution in [-0.4, -0.2) is 26.0 Å². The number of sulfonamides is 1. The molecule has 0 heterocycles. The second kappa shape index (κ2) is 9.61. The number of halogens is 1. The van der Waals surface area contributed by atoms with Gasteiger partial charge in [0.05, 0.1) is 5.75 Å². The van der Waals surface area contributed by atoms with Gasteiger partial charge in [0, 0.05) is 17.6 Å². The number of nitrogens with one attached hydrogen (secondary N) is 2. The minimum atomic E-state index is -3.37. The molecule has 0 aliphatic heterocycles. The zero-order valence-corrected chi connectivity index (χ0v) is 18.6. The van der Waals surface area contributed by atoms with E-state index in [0.717, 1.165) is 5.56 Å². The Morgan fingerprint density at radius 3 is 2.14 bits per heavy atom. The van der Waals surface area contributed by atoms with Crippen LogP contribution in [0, 0.1) is 0 Å². The molecule has 0 aliphatic carbocycles. The van der Waals surface area contributed by atoms with Gasteiger partial charge < -0.3 is 10.1 Å². The zero-order valence-electron chi connectivity index (χ0n) is 17.0. The van der Waals surface area contributed by atoms with Crippen molar-refractivity contribution in [3.63, 3.8) is 0 Å². The Morgan fingerprint density at radius 1 is 1.03 bits per heavy atom. The molecule has 2 aromatic rings. The quantitative estimate of drug-likeness (QED) is 0.626. The van der Waals surface area contributed by atoms with Gasteiger partial charge >= 0.3 is 0 Å². The third kappa shape index (κ3) is 7.68. The van der Waals surface area contributed by atoms with Gasteiger partial charge in [0.2, 0.25) is 10.0 Å². The summed E-state index contributed by atoms with van der Waals surface area (Å²) in [6.45, 7) is 7.24. The van der Waals surface area contributed by atoms with E-state index in [9.17, 15) is 13.2 Å². The predicted octanol–water partition coefficient (Wildman–Crippen LogP) is 3.64. The lowest BCUT2D eigenvalue weighted by Gasteiger charge is -2.25. The van der Waals surface area contributed by atoms with Crippen molar-refractivity contribution in [2.45, 2.75) is 51.6 Å². The van der Waals surface area contributed by atoms with Crippen LogP contribution >= 0.6 is 11.6 Å². The Morgan fingerprint density at radius 2 is 1.59 bits per heavy atom. The number of carbonyl (C=O) groups is 1. The van der Waals surface area contributed by atoms with Crippen LogP contribution in [0.1, 0.15) is 38.8 Å². The van der Waals surface area contributed by atoms with Crippen molar-refractivity contribution < 1.29 is 17.9 Å². The average Bonchev–Trinajstić information content (AvgIpc) is 2.61. The van der Waals surface area contributed by atoms with Crippen molar-refractivity contribution in [1.29, 1.82) is 0 Å². The topological polar surface area (TPSA) is 84.5 Å². The normalized spacial score (nSPS) is 12.1. The Hall–Kier alpha value is -2.09. The van der Waals surface area contributed by atoms with E-state index in [1.165, 1.54) is 0 Å². The van der Waals surface area contributed by atoms with Crippen LogP contribution in [0.2, 0.25) is 5.02 Å². The molecule has 29 heavy (non-hydrogen) atoms. The number of amides is 1. The van der Waals surface area contributed by atoms with Crippen LogP contribution in [0.5, 0.6) is 5.75 Å². The molecule has 1 amide bonds. The maximum atomic E-state index is 12.5. The van der Waals surface area contributed by atoms with Crippen molar-refractivity contribution in [1.82, 2.24) is 10.0 Å². The van der Waals surface area contributed by atoms with E-state index in [1.807, 2.05) is 0 Å². The number of rotatable bonds is 9. The lowest BCUT2D eigenvalue weighted by molar-refractivity contribution is -0.134. The van der Waals surface area contributed by atoms with Gasteiger partial charge in [-0.1, -0.05) is 35.9 Å². The molecule has 158 valence electrons. The van der Waals surface area contributed by atoms with Crippen molar-refractivity contribution in [2.75, 3.05) is 0 Å². The Bertz CT molecular complexity index is 924. The standard InChI is InChI=1S/C21H27ClN2O4S/c1-15(2)24-29(26,27)14-17-7-5-16(6-8-17)13-23-20(25)21(3,4)28-19-11-9-18(22)10-12-19/h5-12,15,24H,13-14H2,1-4H3,(H,23,25). The molecular weight excluding hydrogens is 412 g/mol. The third-order valence-electron chi connectivity index (χ3n) is 3.98. The molecule has 0 aromatic heterocycles. The molecule has 8 heteroatoms. The summed E-state index contributed by atoms with van der Waals surface area (Å²) >= 11 is 5.86. The summed E-state index contributed by atoms with van der Waals surface area (Å²) in [6.07, 6.45) is 0. The Labute approximate surface area is 177 Å². The first-order valence-corrected chi connectivity index (χ1v) is 11.3. The molecule has 0 atom stereocenters. The average molecular weight is 439 g/mol. The van der Waals surface area contributed by atoms with Gasteiger partial charge in [-0.3, -0.25) is 4.79 Å². The Balaban J connectivity index is 1.91. The van der Waals surface area contributed by atoms with Gasteiger partial charge in [0.1, 0.15) is 5.75 Å². The first-order chi connectivity index (χ1) is 13.5. The zero-order chi connectivity index (χ0) is 21.7. The first-order valence-electron chi connectivity index (χ1n) is 9.27. The highest BCUT2D eigenvalue weighted by molar-refractivity contribution is 7.88. The summed E-state index contributed by atoms with van der Waals surface area (Å²) in [4.78, 5) is 12.5. The van der Waals surface area contributed by atoms with Crippen molar-refractivity contribution in [3.05, 3.63) is 64.7 Å². The highest BCUT2D eigenvalue weighted by Gasteiger charge is 2.29. The molecule has 0 unspecified atom stereocenters. The van der Waals surface area contributed by atoms with E-state index >= 15 is 0 Å². The maximum Gasteiger partial charge on any atom is 0.263 e. The molecule has 0 bridgehead atoms. The fourth-order valence-corrected chi connectivity index (χ4v) is 4.17. The summed E-state index contributed by atoms with van der Waals surface area (Å²) in [5.74, 6) is 0.204. The molecule has 2 rings (SSSR count). The summed E-state index contributed by atoms with van der Waals surface area (Å²) < 4.78 is 32.3. The van der Waals surface area contributed by atoms with E-state index in [-0.39, 0.29) is 17.7 Å². The van der Waals surface area contributed by atoms with Crippen LogP contribution in [0.4, 0.5) is 0 Å². The summed E-state index contributed by atoms with van der Waals surface area (Å²) in [6, 6.07) is 13.8. The fraction of sp³-hybridized carbons (Fsp3) is 0.381. The minimum Gasteiger partial charge on any atom is -0.478 e. The van der Waals surface area contributed by atoms with E-state index in [4.69, 9.17) is 16.3 Å². The van der Waals surface area contributed by atoms with Gasteiger partial charge in [-0.05, 0) is 63.1 Å². The van der Waals surface area contributed by atoms with Gasteiger partial charge in [0.25, 0.3) is 5.91 Å². The number of hydrogen-bond donors (Lipinski definition) is 2. The molecule has 0 spiro atoms. The molecule has 2 aromatic carbocycles. The summed E-state index contributed by atoms with van der Waals surface area (Å²) in [5.41, 5.74) is 0.475. The van der Waals surface area contributed by atoms with Gasteiger partial charge in [-0.2, -0.15) is 0 Å². The molecule has 6 nitrogen and oxygen atoms in total. The monoisotopic (exact) mass is 438 g/mol. The molecule has 2 N–H and O–H groups in total. The number of carbonyl (C=O) groups excluding carboxylic acids is 1. The van der Waals surface area contributed by atoms with Gasteiger partial charge in [-0.25, -0.2) is 13.1 Å². The Kier molecular flexibility index (Phi) is 7.68. The molecule has 0 fully saturated rings. The summed E-state index contributed by atoms with van der Waals surface area (Å²) in [7, 11) is -3.37. The number of benzene rings is 2. The van der Waals surface area contributed by atoms with Crippen LogP contribution in [0.15, 0.2) is 48.5 Å². The molecule has 0 saturated heterocycles. The maximum absolute atomic E-state index is 12.5. The lowest BCUT2D eigenvalue weighted by atomic mass is 10.1. The molecule has 0 aliphatic rings. The van der Waals surface area contributed by atoms with Crippen LogP contribution in [0.25, 0.3) is 0 Å². The lowest BCUT2D eigenvalue weighted by Crippen LogP contribution is -2.46. The molecule has 0 saturated carbocycles. The molecule has 0 radical (unpaired) electrons. The minimum absolute atomic E-state index is 0.0835. The van der Waals surface area contributed by atoms with E-state index in [0.29, 0.717) is 22.9 Å². The van der Waals surface area contributed by atoms with Gasteiger partial charge in [0.15, 0.2) is 5.60 Å². The van der Waals surface area contributed by atoms with E-state index in [2.05, 4.69) is 10.0 Å². The first kappa shape index (κ1) is 23.2. The SMILES string of the molecule is CC(C)NS(=O)(=O)Cc1ccc(CNC(=O)C(C)(C)Oc2ccc(Cl)cc2)cc1. The van der Waals surface area contributed by atoms with Crippen molar-refractivity contribution in [3.8, 4) is 5.75 Å². The van der Waals surface area contributed by atoms with E-state index in [1.54, 1.807) is 76.2 Å². The smallest absolute Gasteiger partial charge is 0.263 e. The highest BCUT2D eigenvalue weighted by atomic mass is 35.5. The summed E-state index contributed by atoms with van der Waals surface area (Å²) in [5, 5.41) is 3.44. The van der Waals surface area contributed by atoms with Crippen LogP contribution in [0.3, 0.4) is 0 Å². The third-order valence-corrected chi connectivity index (χ3v) is 5.78. The van der Waals surface area contributed by atoms with Crippen LogP contribution < -0.4 is 14.8 Å². The van der Waals surface area contributed by atoms with E-state index < -0.39 is 15.6 Å². The number of hydrogen-bond acceptors (Lipinski definition) is 4. The van der Waals surface area contributed by atoms with Crippen molar-refractivity contribution in [2.24, 2.45) is 0 Å². The van der Waals surface area contributed by atoms with Crippen molar-refractivity contribution >= 4 is 27.5 Å². The second-order valence-corrected chi connectivity index (χ2v) is 9.79. The molecular formula is C21H27ClN2O4S. The fourth-order valence-electron chi connectivity index (χ4n) is 2.61. The largest absolute Gasteiger partial charge is 0.478 e. The second-order valence-electron chi connectivity index (χ2n) is 7.60. The number of ether oxygens (including phenoxy) is 1. The van der Waals surface area contributed by atoms with Gasteiger partial charge in [-0.15, -0.1) is 0 Å². The highest BCUT2D eigenvalue weighted by Crippen LogP contribution is 2.21. The predicted molar refractivity (Wildman–Crippen MR) is 115 cm³/mol.